The van der Waals surface area contributed by atoms with Gasteiger partial charge in [-0.25, -0.2) is 0 Å². The fourth-order valence-corrected chi connectivity index (χ4v) is 11.0. The summed E-state index contributed by atoms with van der Waals surface area (Å²) in [6, 6.07) is -13.7. The third kappa shape index (κ3) is 22.0. The number of thioether (sulfide) groups is 2. The predicted octanol–water partition coefficient (Wildman–Crippen LogP) is -2.80. The van der Waals surface area contributed by atoms with Gasteiger partial charge in [0.15, 0.2) is 0 Å². The van der Waals surface area contributed by atoms with E-state index in [1.165, 1.54) is 37.8 Å². The van der Waals surface area contributed by atoms with Crippen LogP contribution in [0, 0.1) is 17.8 Å². The van der Waals surface area contributed by atoms with Crippen molar-refractivity contribution < 1.29 is 67.4 Å². The molecule has 3 fully saturated rings. The van der Waals surface area contributed by atoms with Gasteiger partial charge < -0.3 is 80.0 Å². The molecule has 0 spiro atoms. The number of amides is 12. The molecule has 0 unspecified atom stereocenters. The SMILES string of the molecule is C/C=C(\NC(=O)[C@@H](N)[C@@H](C)CC)C(=O)N[C@@H]1CSC[C@@H]2NC(=O)[C@H](CC(C)C)NC(=O)[C@H](CSC[C@@H](C(=O)N[C@@H](CCCCN)C(=O)N[C@@H](C)C(=O)O)NC(=O)CNC(=O)[C@@H]3CCCN3C(=O)/C(=C/C)NC2=O)NC(=O)[C@H]([C@@H](C)CC)NC1=O. The van der Waals surface area contributed by atoms with Gasteiger partial charge in [-0.2, -0.15) is 23.5 Å². The fourth-order valence-electron chi connectivity index (χ4n) is 8.87. The molecule has 12 atom stereocenters. The van der Waals surface area contributed by atoms with Gasteiger partial charge in [-0.15, -0.1) is 0 Å². The molecule has 0 aromatic rings. The van der Waals surface area contributed by atoms with E-state index in [9.17, 15) is 67.4 Å². The number of nitrogens with one attached hydrogen (secondary N) is 11. The van der Waals surface area contributed by atoms with Gasteiger partial charge >= 0.3 is 5.97 Å². The molecule has 12 amide bonds. The lowest BCUT2D eigenvalue weighted by Gasteiger charge is -2.31. The Hall–Kier alpha value is -6.79. The van der Waals surface area contributed by atoms with E-state index in [0.717, 1.165) is 23.5 Å². The monoisotopic (exact) mass is 1220 g/mol. The summed E-state index contributed by atoms with van der Waals surface area (Å²) < 4.78 is 0. The van der Waals surface area contributed by atoms with Crippen molar-refractivity contribution in [3.8, 4) is 0 Å². The van der Waals surface area contributed by atoms with Crippen LogP contribution in [0.1, 0.15) is 114 Å². The Morgan fingerprint density at radius 1 is 0.762 bits per heavy atom. The molecule has 3 aliphatic rings. The van der Waals surface area contributed by atoms with Gasteiger partial charge in [0.2, 0.25) is 59.1 Å². The highest BCUT2D eigenvalue weighted by atomic mass is 32.2. The number of hydrogen-bond donors (Lipinski definition) is 14. The molecule has 3 rings (SSSR count). The standard InChI is InChI=1S/C54H88N14O14S2/c1-10-28(7)41(56)51(78)60-31(12-3)43(70)64-38-26-84-24-36-47(74)61-32(13-4)53(80)68-20-16-18-39(68)50(77)57-22-40(69)59-35(46(73)62-33(17-14-15-19-55)44(71)58-30(9)54(81)82)23-83-25-37(48(75)63-34(21-27(5)6)45(72)65-36)66-52(79)42(29(8)11-2)67-49(38)76/h12-13,27-30,33-39,41-42H,10-11,14-26,55-56H2,1-9H3,(H,57,77)(H,58,71)(H,59,69)(H,60,78)(H,61,74)(H,62,73)(H,63,75)(H,64,70)(H,65,72)(H,66,79)(H,67,76)(H,81,82)/b31-12-,32-13-/t28-,29-,30-,33-,34-,35-,36-,37-,38+,39-,41-,42-/m0/s1. The summed E-state index contributed by atoms with van der Waals surface area (Å²) in [7, 11) is 0. The molecule has 0 radical (unpaired) electrons. The zero-order valence-corrected chi connectivity index (χ0v) is 51.1. The van der Waals surface area contributed by atoms with Crippen molar-refractivity contribution in [3.05, 3.63) is 23.5 Å². The molecule has 16 N–H and O–H groups in total. The van der Waals surface area contributed by atoms with Gasteiger partial charge in [0.25, 0.3) is 11.8 Å². The molecule has 3 saturated heterocycles. The number of nitrogens with zero attached hydrogens (tertiary/aromatic N) is 1. The molecule has 30 heteroatoms. The fraction of sp³-hybridized carbons (Fsp3) is 0.685. The van der Waals surface area contributed by atoms with Crippen LogP contribution in [0.15, 0.2) is 23.5 Å². The third-order valence-corrected chi connectivity index (χ3v) is 16.8. The number of fused-ring (bicyclic) bond motifs is 7. The number of unbranched alkanes of at least 4 members (excludes halogenated alkanes) is 1. The molecule has 0 saturated carbocycles. The highest BCUT2D eigenvalue weighted by molar-refractivity contribution is 7.99. The van der Waals surface area contributed by atoms with Crippen LogP contribution in [0.5, 0.6) is 0 Å². The van der Waals surface area contributed by atoms with Crippen LogP contribution in [0.2, 0.25) is 0 Å². The van der Waals surface area contributed by atoms with Gasteiger partial charge in [-0.05, 0) is 83.6 Å². The number of rotatable bonds is 19. The quantitative estimate of drug-likeness (QED) is 0.0459. The first-order valence-corrected chi connectivity index (χ1v) is 30.8. The van der Waals surface area contributed by atoms with Crippen molar-refractivity contribution in [1.29, 1.82) is 0 Å². The topological polar surface area (TPSA) is 430 Å². The first kappa shape index (κ1) is 71.5. The van der Waals surface area contributed by atoms with Gasteiger partial charge in [0.1, 0.15) is 65.8 Å². The van der Waals surface area contributed by atoms with Crippen molar-refractivity contribution >= 4 is 100 Å². The second-order valence-electron chi connectivity index (χ2n) is 21.5. The van der Waals surface area contributed by atoms with Crippen LogP contribution >= 0.6 is 23.5 Å². The van der Waals surface area contributed by atoms with E-state index in [2.05, 4.69) is 58.5 Å². The van der Waals surface area contributed by atoms with Crippen molar-refractivity contribution in [2.75, 3.05) is 42.6 Å². The van der Waals surface area contributed by atoms with Crippen LogP contribution < -0.4 is 70.0 Å². The van der Waals surface area contributed by atoms with Crippen molar-refractivity contribution in [2.24, 2.45) is 29.2 Å². The van der Waals surface area contributed by atoms with Gasteiger partial charge in [0, 0.05) is 29.6 Å². The lowest BCUT2D eigenvalue weighted by atomic mass is 9.97. The normalized spacial score (nSPS) is 25.4. The molecule has 2 bridgehead atoms. The van der Waals surface area contributed by atoms with Gasteiger partial charge in [0.05, 0.1) is 12.6 Å². The molecule has 28 nitrogen and oxygen atoms in total. The second kappa shape index (κ2) is 35.5. The first-order chi connectivity index (χ1) is 39.7. The summed E-state index contributed by atoms with van der Waals surface area (Å²) in [5.41, 5.74) is 11.3. The van der Waals surface area contributed by atoms with Crippen LogP contribution in [0.4, 0.5) is 0 Å². The molecule has 470 valence electrons. The van der Waals surface area contributed by atoms with E-state index in [1.54, 1.807) is 34.6 Å². The average molecular weight is 1220 g/mol. The Labute approximate surface area is 498 Å². The minimum Gasteiger partial charge on any atom is -0.480 e. The molecule has 3 heterocycles. The zero-order valence-electron chi connectivity index (χ0n) is 49.4. The molecular formula is C54H88N14O14S2. The van der Waals surface area contributed by atoms with Crippen LogP contribution in [-0.4, -0.2) is 190 Å². The summed E-state index contributed by atoms with van der Waals surface area (Å²) in [6.07, 6.45) is 4.70. The Morgan fingerprint density at radius 2 is 1.42 bits per heavy atom. The van der Waals surface area contributed by atoms with Crippen molar-refractivity contribution in [1.82, 2.24) is 63.4 Å². The van der Waals surface area contributed by atoms with Gasteiger partial charge in [-0.1, -0.05) is 66.5 Å². The molecule has 0 aromatic heterocycles. The third-order valence-electron chi connectivity index (χ3n) is 14.5. The van der Waals surface area contributed by atoms with Crippen LogP contribution in [0.25, 0.3) is 0 Å². The van der Waals surface area contributed by atoms with E-state index in [4.69, 9.17) is 11.5 Å². The van der Waals surface area contributed by atoms with Crippen molar-refractivity contribution in [2.45, 2.75) is 174 Å². The number of carboxylic acid groups (broad SMARTS) is 1. The predicted molar refractivity (Wildman–Crippen MR) is 314 cm³/mol. The number of carboxylic acids is 1. The lowest BCUT2D eigenvalue weighted by molar-refractivity contribution is -0.141. The summed E-state index contributed by atoms with van der Waals surface area (Å²) in [5, 5.41) is 38.0. The van der Waals surface area contributed by atoms with Gasteiger partial charge in [-0.3, -0.25) is 62.3 Å². The Balaban J connectivity index is 2.28. The maximum atomic E-state index is 14.7. The molecule has 0 aliphatic carbocycles. The van der Waals surface area contributed by atoms with E-state index in [-0.39, 0.29) is 78.6 Å². The summed E-state index contributed by atoms with van der Waals surface area (Å²) in [6.45, 7) is 14.3. The van der Waals surface area contributed by atoms with Crippen LogP contribution in [0.3, 0.4) is 0 Å². The number of aliphatic carboxylic acids is 1. The average Bonchev–Trinajstić information content (AvgIpc) is 3.77. The first-order valence-electron chi connectivity index (χ1n) is 28.5. The molecule has 0 aromatic carbocycles. The second-order valence-corrected chi connectivity index (χ2v) is 23.6. The molecule has 3 aliphatic heterocycles. The van der Waals surface area contributed by atoms with E-state index in [0.29, 0.717) is 32.1 Å². The number of nitrogens with two attached hydrogens (primary N) is 2. The minimum atomic E-state index is -1.57. The highest BCUT2D eigenvalue weighted by Gasteiger charge is 2.40. The van der Waals surface area contributed by atoms with Crippen molar-refractivity contribution in [3.63, 3.8) is 0 Å². The lowest BCUT2D eigenvalue weighted by Crippen LogP contribution is -2.62. The summed E-state index contributed by atoms with van der Waals surface area (Å²) in [5.74, 6) is -14.2. The molecular weight excluding hydrogens is 1130 g/mol. The summed E-state index contributed by atoms with van der Waals surface area (Å²) >= 11 is 1.79. The summed E-state index contributed by atoms with van der Waals surface area (Å²) in [4.78, 5) is 183. The minimum absolute atomic E-state index is 0.00290. The van der Waals surface area contributed by atoms with E-state index in [1.807, 2.05) is 6.92 Å². The number of carbonyl (C=O) groups excluding carboxylic acids is 12. The van der Waals surface area contributed by atoms with E-state index >= 15 is 0 Å². The van der Waals surface area contributed by atoms with Crippen LogP contribution in [-0.2, 0) is 62.3 Å². The largest absolute Gasteiger partial charge is 0.480 e. The Kier molecular flexibility index (Phi) is 30.2. The number of hydrogen-bond acceptors (Lipinski definition) is 17. The highest BCUT2D eigenvalue weighted by Crippen LogP contribution is 2.21. The maximum absolute atomic E-state index is 14.7. The molecule has 84 heavy (non-hydrogen) atoms. The number of carbonyl (C=O) groups is 13. The maximum Gasteiger partial charge on any atom is 0.325 e. The van der Waals surface area contributed by atoms with E-state index < -0.39 is 150 Å². The zero-order chi connectivity index (χ0) is 63.0. The Morgan fingerprint density at radius 3 is 2.02 bits per heavy atom. The number of allylic oxidation sites excluding steroid dienone is 2. The Bertz CT molecular complexity index is 2460. The smallest absolute Gasteiger partial charge is 0.325 e.